The van der Waals surface area contributed by atoms with Crippen LogP contribution in [0.25, 0.3) is 0 Å². The minimum Gasteiger partial charge on any atom is -0.381 e. The van der Waals surface area contributed by atoms with E-state index in [0.29, 0.717) is 31.7 Å². The maximum Gasteiger partial charge on any atom is 0.406 e. The molecule has 1 aliphatic heterocycles. The van der Waals surface area contributed by atoms with Crippen molar-refractivity contribution < 1.29 is 22.7 Å². The highest BCUT2D eigenvalue weighted by Crippen LogP contribution is 2.25. The second kappa shape index (κ2) is 6.04. The Morgan fingerprint density at radius 1 is 1.45 bits per heavy atom. The number of nitrogens with zero attached hydrogens (tertiary/aromatic N) is 3. The molecule has 0 saturated carbocycles. The van der Waals surface area contributed by atoms with Crippen LogP contribution in [-0.4, -0.2) is 52.4 Å². The standard InChI is InChI=1S/C11H14F3N3O2S/c1-7-9(20-16-15-7)10(18)17(6-11(12,13)14)8-2-4-19-5-3-8/h8H,2-6H2,1H3. The van der Waals surface area contributed by atoms with Crippen LogP contribution < -0.4 is 0 Å². The van der Waals surface area contributed by atoms with Gasteiger partial charge in [-0.1, -0.05) is 4.49 Å². The molecule has 1 aromatic rings. The molecule has 1 amide bonds. The van der Waals surface area contributed by atoms with Crippen LogP contribution >= 0.6 is 11.5 Å². The number of halogens is 3. The number of aromatic nitrogens is 2. The van der Waals surface area contributed by atoms with Crippen LogP contribution in [0.2, 0.25) is 0 Å². The maximum absolute atomic E-state index is 12.7. The second-order valence-electron chi connectivity index (χ2n) is 4.58. The molecule has 1 saturated heterocycles. The zero-order chi connectivity index (χ0) is 14.8. The number of carbonyl (C=O) groups is 1. The molecule has 2 heterocycles. The Kier molecular flexibility index (Phi) is 4.59. The number of hydrogen-bond acceptors (Lipinski definition) is 5. The summed E-state index contributed by atoms with van der Waals surface area (Å²) in [6.45, 7) is 1.04. The lowest BCUT2D eigenvalue weighted by Crippen LogP contribution is -2.47. The van der Waals surface area contributed by atoms with Gasteiger partial charge in [0.1, 0.15) is 11.4 Å². The zero-order valence-electron chi connectivity index (χ0n) is 10.8. The van der Waals surface area contributed by atoms with Gasteiger partial charge in [-0.15, -0.1) is 5.10 Å². The summed E-state index contributed by atoms with van der Waals surface area (Å²) in [4.78, 5) is 13.4. The van der Waals surface area contributed by atoms with Crippen LogP contribution in [0.1, 0.15) is 28.2 Å². The van der Waals surface area contributed by atoms with Crippen molar-refractivity contribution in [1.29, 1.82) is 0 Å². The molecule has 2 rings (SSSR count). The van der Waals surface area contributed by atoms with Gasteiger partial charge in [0.25, 0.3) is 5.91 Å². The Bertz CT molecular complexity index is 472. The summed E-state index contributed by atoms with van der Waals surface area (Å²) < 4.78 is 46.9. The number of carbonyl (C=O) groups excluding carboxylic acids is 1. The zero-order valence-corrected chi connectivity index (χ0v) is 11.6. The van der Waals surface area contributed by atoms with Crippen LogP contribution in [0.5, 0.6) is 0 Å². The minimum absolute atomic E-state index is 0.167. The van der Waals surface area contributed by atoms with Crippen LogP contribution in [0, 0.1) is 6.92 Å². The van der Waals surface area contributed by atoms with E-state index in [0.717, 1.165) is 16.4 Å². The van der Waals surface area contributed by atoms with Crippen LogP contribution in [0.4, 0.5) is 13.2 Å². The third kappa shape index (κ3) is 3.66. The fourth-order valence-electron chi connectivity index (χ4n) is 2.11. The Morgan fingerprint density at radius 3 is 2.60 bits per heavy atom. The molecule has 0 spiro atoms. The largest absolute Gasteiger partial charge is 0.406 e. The molecular weight excluding hydrogens is 295 g/mol. The summed E-state index contributed by atoms with van der Waals surface area (Å²) in [5, 5.41) is 3.68. The Labute approximate surface area is 117 Å². The van der Waals surface area contributed by atoms with Crippen molar-refractivity contribution in [2.75, 3.05) is 19.8 Å². The fourth-order valence-corrected chi connectivity index (χ4v) is 2.73. The van der Waals surface area contributed by atoms with Gasteiger partial charge < -0.3 is 9.64 Å². The number of ether oxygens (including phenoxy) is 1. The molecule has 1 fully saturated rings. The first-order valence-electron chi connectivity index (χ1n) is 6.13. The first-order valence-corrected chi connectivity index (χ1v) is 6.90. The van der Waals surface area contributed by atoms with Crippen molar-refractivity contribution in [2.45, 2.75) is 32.0 Å². The highest BCUT2D eigenvalue weighted by atomic mass is 32.1. The summed E-state index contributed by atoms with van der Waals surface area (Å²) in [6.07, 6.45) is -3.61. The molecule has 9 heteroatoms. The Morgan fingerprint density at radius 2 is 2.10 bits per heavy atom. The van der Waals surface area contributed by atoms with Crippen LogP contribution in [0.3, 0.4) is 0 Å². The first-order chi connectivity index (χ1) is 9.38. The summed E-state index contributed by atoms with van der Waals surface area (Å²) in [5.74, 6) is -0.651. The molecular formula is C11H14F3N3O2S. The van der Waals surface area contributed by atoms with E-state index in [1.807, 2.05) is 0 Å². The van der Waals surface area contributed by atoms with Gasteiger partial charge in [-0.05, 0) is 31.3 Å². The number of amides is 1. The monoisotopic (exact) mass is 309 g/mol. The highest BCUT2D eigenvalue weighted by Gasteiger charge is 2.38. The predicted octanol–water partition coefficient (Wildman–Crippen LogP) is 2.03. The third-order valence-corrected chi connectivity index (χ3v) is 3.90. The molecule has 5 nitrogen and oxygen atoms in total. The predicted molar refractivity (Wildman–Crippen MR) is 65.6 cm³/mol. The fraction of sp³-hybridized carbons (Fsp3) is 0.727. The van der Waals surface area contributed by atoms with Gasteiger partial charge in [-0.3, -0.25) is 4.79 Å². The van der Waals surface area contributed by atoms with Gasteiger partial charge >= 0.3 is 6.18 Å². The number of rotatable bonds is 3. The van der Waals surface area contributed by atoms with Gasteiger partial charge in [0.15, 0.2) is 0 Å². The average Bonchev–Trinajstić information content (AvgIpc) is 2.81. The minimum atomic E-state index is -4.43. The van der Waals surface area contributed by atoms with E-state index in [1.165, 1.54) is 0 Å². The maximum atomic E-state index is 12.7. The van der Waals surface area contributed by atoms with Gasteiger partial charge in [0.05, 0.1) is 5.69 Å². The van der Waals surface area contributed by atoms with Crippen molar-refractivity contribution in [3.05, 3.63) is 10.6 Å². The quantitative estimate of drug-likeness (QED) is 0.857. The lowest BCUT2D eigenvalue weighted by atomic mass is 10.1. The average molecular weight is 309 g/mol. The first kappa shape index (κ1) is 15.2. The normalized spacial score (nSPS) is 17.2. The molecule has 1 aliphatic rings. The van der Waals surface area contributed by atoms with Crippen molar-refractivity contribution >= 4 is 17.4 Å². The molecule has 0 aliphatic carbocycles. The van der Waals surface area contributed by atoms with Crippen molar-refractivity contribution in [2.24, 2.45) is 0 Å². The third-order valence-electron chi connectivity index (χ3n) is 3.09. The molecule has 0 bridgehead atoms. The van der Waals surface area contributed by atoms with E-state index in [2.05, 4.69) is 9.59 Å². The topological polar surface area (TPSA) is 55.3 Å². The number of alkyl halides is 3. The van der Waals surface area contributed by atoms with E-state index in [1.54, 1.807) is 6.92 Å². The summed E-state index contributed by atoms with van der Waals surface area (Å²) in [6, 6.07) is -0.459. The van der Waals surface area contributed by atoms with E-state index in [4.69, 9.17) is 4.74 Å². The summed E-state index contributed by atoms with van der Waals surface area (Å²) >= 11 is 0.825. The Hall–Kier alpha value is -1.22. The molecule has 0 aromatic carbocycles. The summed E-state index contributed by atoms with van der Waals surface area (Å²) in [7, 11) is 0. The lowest BCUT2D eigenvalue weighted by molar-refractivity contribution is -0.147. The van der Waals surface area contributed by atoms with Gasteiger partial charge in [0, 0.05) is 19.3 Å². The molecule has 112 valence electrons. The van der Waals surface area contributed by atoms with Gasteiger partial charge in [0.2, 0.25) is 0 Å². The van der Waals surface area contributed by atoms with Gasteiger partial charge in [-0.25, -0.2) is 0 Å². The van der Waals surface area contributed by atoms with Crippen LogP contribution in [0.15, 0.2) is 0 Å². The second-order valence-corrected chi connectivity index (χ2v) is 5.33. The molecule has 1 aromatic heterocycles. The summed E-state index contributed by atoms with van der Waals surface area (Å²) in [5.41, 5.74) is 0.360. The number of hydrogen-bond donors (Lipinski definition) is 0. The van der Waals surface area contributed by atoms with Crippen molar-refractivity contribution in [3.8, 4) is 0 Å². The van der Waals surface area contributed by atoms with Crippen molar-refractivity contribution in [1.82, 2.24) is 14.5 Å². The molecule has 20 heavy (non-hydrogen) atoms. The smallest absolute Gasteiger partial charge is 0.381 e. The van der Waals surface area contributed by atoms with E-state index >= 15 is 0 Å². The molecule has 0 radical (unpaired) electrons. The number of aryl methyl sites for hydroxylation is 1. The lowest BCUT2D eigenvalue weighted by Gasteiger charge is -2.34. The molecule has 0 atom stereocenters. The van der Waals surface area contributed by atoms with E-state index in [-0.39, 0.29) is 4.88 Å². The Balaban J connectivity index is 2.21. The van der Waals surface area contributed by atoms with Gasteiger partial charge in [-0.2, -0.15) is 13.2 Å². The van der Waals surface area contributed by atoms with Crippen molar-refractivity contribution in [3.63, 3.8) is 0 Å². The molecule has 0 unspecified atom stereocenters. The van der Waals surface area contributed by atoms with E-state index < -0.39 is 24.7 Å². The van der Waals surface area contributed by atoms with Crippen LogP contribution in [-0.2, 0) is 4.74 Å². The van der Waals surface area contributed by atoms with E-state index in [9.17, 15) is 18.0 Å². The molecule has 0 N–H and O–H groups in total. The highest BCUT2D eigenvalue weighted by molar-refractivity contribution is 7.07. The SMILES string of the molecule is Cc1nnsc1C(=O)N(CC(F)(F)F)C1CCOCC1.